The van der Waals surface area contributed by atoms with Crippen LogP contribution in [0.1, 0.15) is 80.6 Å². The molecule has 0 aromatic heterocycles. The summed E-state index contributed by atoms with van der Waals surface area (Å²) in [6, 6.07) is 0. The van der Waals surface area contributed by atoms with E-state index >= 15 is 0 Å². The fourth-order valence-corrected chi connectivity index (χ4v) is 1.40. The molecule has 0 radical (unpaired) electrons. The van der Waals surface area contributed by atoms with E-state index in [1.165, 1.54) is 20.8 Å². The Morgan fingerprint density at radius 3 is 0.909 bits per heavy atom. The molecule has 0 bridgehead atoms. The number of aliphatic hydroxyl groups is 1. The Labute approximate surface area is 212 Å². The SMILES string of the molecule is CCCCO.CCOC(=O)CC(C)=O.CCOC(=O)CC(C)=O.CCOC(=O)CC(C)=O.[Ti]. The molecule has 0 aliphatic heterocycles. The van der Waals surface area contributed by atoms with Crippen LogP contribution in [0.4, 0.5) is 0 Å². The molecule has 0 aromatic rings. The topological polar surface area (TPSA) is 150 Å². The van der Waals surface area contributed by atoms with E-state index in [0.29, 0.717) is 26.4 Å². The normalized spacial score (nSPS) is 8.36. The van der Waals surface area contributed by atoms with Crippen LogP contribution in [0.2, 0.25) is 0 Å². The quantitative estimate of drug-likeness (QED) is 0.189. The van der Waals surface area contributed by atoms with Gasteiger partial charge in [0.1, 0.15) is 36.6 Å². The molecule has 0 unspecified atom stereocenters. The zero-order valence-electron chi connectivity index (χ0n) is 21.0. The van der Waals surface area contributed by atoms with Crippen molar-refractivity contribution >= 4 is 35.3 Å². The van der Waals surface area contributed by atoms with Crippen molar-refractivity contribution in [2.75, 3.05) is 26.4 Å². The predicted octanol–water partition coefficient (Wildman–Crippen LogP) is 2.36. The standard InChI is InChI=1S/3C6H10O3.C4H10O.Ti/c3*1-3-9-6(8)4-5(2)7;1-2-3-4-5;/h3*3-4H2,1-2H3;5H,2-4H2,1H3;. The van der Waals surface area contributed by atoms with Crippen molar-refractivity contribution in [2.24, 2.45) is 0 Å². The van der Waals surface area contributed by atoms with E-state index in [1.807, 2.05) is 0 Å². The number of carbonyl (C=O) groups excluding carboxylic acids is 6. The number of carbonyl (C=O) groups is 6. The second kappa shape index (κ2) is 32.3. The minimum absolute atomic E-state index is 0. The molecule has 0 fully saturated rings. The van der Waals surface area contributed by atoms with E-state index in [1.54, 1.807) is 20.8 Å². The van der Waals surface area contributed by atoms with Crippen LogP contribution in [-0.4, -0.2) is 66.8 Å². The molecule has 0 saturated carbocycles. The molecule has 0 aliphatic carbocycles. The van der Waals surface area contributed by atoms with Gasteiger partial charge in [-0.1, -0.05) is 13.3 Å². The molecule has 33 heavy (non-hydrogen) atoms. The van der Waals surface area contributed by atoms with E-state index in [9.17, 15) is 28.8 Å². The van der Waals surface area contributed by atoms with E-state index in [2.05, 4.69) is 21.1 Å². The summed E-state index contributed by atoms with van der Waals surface area (Å²) in [5.74, 6) is -1.80. The van der Waals surface area contributed by atoms with Crippen molar-refractivity contribution in [2.45, 2.75) is 80.6 Å². The molecule has 0 rings (SSSR count). The zero-order chi connectivity index (χ0) is 25.9. The fourth-order valence-electron chi connectivity index (χ4n) is 1.40. The Kier molecular flexibility index (Phi) is 40.4. The molecule has 0 aliphatic rings. The maximum absolute atomic E-state index is 10.4. The number of hydrogen-bond donors (Lipinski definition) is 1. The number of esters is 3. The predicted molar refractivity (Wildman–Crippen MR) is 118 cm³/mol. The van der Waals surface area contributed by atoms with Crippen LogP contribution in [0.3, 0.4) is 0 Å². The Hall–Kier alpha value is -1.91. The third kappa shape index (κ3) is 53.4. The van der Waals surface area contributed by atoms with Crippen LogP contribution in [-0.2, 0) is 64.7 Å². The molecule has 0 aromatic carbocycles. The molecular formula is C22H40O10Ti. The van der Waals surface area contributed by atoms with Crippen molar-refractivity contribution in [1.82, 2.24) is 0 Å². The molecule has 0 atom stereocenters. The van der Waals surface area contributed by atoms with Gasteiger partial charge in [-0.05, 0) is 48.0 Å². The van der Waals surface area contributed by atoms with Crippen molar-refractivity contribution in [3.63, 3.8) is 0 Å². The van der Waals surface area contributed by atoms with Crippen LogP contribution in [0.15, 0.2) is 0 Å². The number of ketones is 3. The van der Waals surface area contributed by atoms with Gasteiger partial charge in [0.25, 0.3) is 0 Å². The van der Waals surface area contributed by atoms with Gasteiger partial charge in [-0.3, -0.25) is 28.8 Å². The first-order valence-electron chi connectivity index (χ1n) is 10.5. The van der Waals surface area contributed by atoms with Crippen LogP contribution >= 0.6 is 0 Å². The summed E-state index contributed by atoms with van der Waals surface area (Å²) in [4.78, 5) is 61.9. The van der Waals surface area contributed by atoms with Crippen LogP contribution in [0, 0.1) is 0 Å². The van der Waals surface area contributed by atoms with E-state index in [-0.39, 0.29) is 58.3 Å². The van der Waals surface area contributed by atoms with Gasteiger partial charge in [-0.2, -0.15) is 0 Å². The smallest absolute Gasteiger partial charge is 0.313 e. The Morgan fingerprint density at radius 1 is 0.576 bits per heavy atom. The fraction of sp³-hybridized carbons (Fsp3) is 0.727. The maximum atomic E-state index is 10.4. The molecule has 10 nitrogen and oxygen atoms in total. The minimum atomic E-state index is -0.440. The van der Waals surface area contributed by atoms with Crippen molar-refractivity contribution < 1.29 is 69.8 Å². The van der Waals surface area contributed by atoms with Crippen LogP contribution < -0.4 is 0 Å². The van der Waals surface area contributed by atoms with Gasteiger partial charge < -0.3 is 19.3 Å². The largest absolute Gasteiger partial charge is 0.466 e. The first-order valence-corrected chi connectivity index (χ1v) is 10.5. The summed E-state index contributed by atoms with van der Waals surface area (Å²) in [6.45, 7) is 12.6. The molecule has 11 heteroatoms. The third-order valence-corrected chi connectivity index (χ3v) is 2.61. The number of hydrogen-bond acceptors (Lipinski definition) is 10. The monoisotopic (exact) mass is 512 g/mol. The van der Waals surface area contributed by atoms with Gasteiger partial charge in [-0.15, -0.1) is 0 Å². The van der Waals surface area contributed by atoms with Crippen molar-refractivity contribution in [3.8, 4) is 0 Å². The molecule has 0 saturated heterocycles. The number of rotatable bonds is 11. The van der Waals surface area contributed by atoms with E-state index in [4.69, 9.17) is 5.11 Å². The number of Topliss-reactive ketones (excluding diaryl/α,β-unsaturated/α-hetero) is 3. The average Bonchev–Trinajstić information content (AvgIpc) is 2.62. The van der Waals surface area contributed by atoms with Gasteiger partial charge in [0.15, 0.2) is 0 Å². The van der Waals surface area contributed by atoms with Gasteiger partial charge in [0.05, 0.1) is 19.8 Å². The molecule has 0 amide bonds. The second-order valence-corrected chi connectivity index (χ2v) is 6.13. The Morgan fingerprint density at radius 2 is 0.818 bits per heavy atom. The minimum Gasteiger partial charge on any atom is -0.466 e. The molecule has 0 heterocycles. The number of ether oxygens (including phenoxy) is 3. The summed E-state index contributed by atoms with van der Waals surface area (Å²) in [7, 11) is 0. The van der Waals surface area contributed by atoms with Gasteiger partial charge in [0, 0.05) is 28.3 Å². The number of unbranched alkanes of at least 4 members (excludes halogenated alkanes) is 1. The molecular weight excluding hydrogens is 472 g/mol. The second-order valence-electron chi connectivity index (χ2n) is 6.13. The third-order valence-electron chi connectivity index (χ3n) is 2.61. The Balaban J connectivity index is -0.000000107. The van der Waals surface area contributed by atoms with Crippen molar-refractivity contribution in [3.05, 3.63) is 0 Å². The van der Waals surface area contributed by atoms with E-state index < -0.39 is 17.9 Å². The summed E-state index contributed by atoms with van der Waals surface area (Å²) in [6.07, 6.45) is 1.73. The summed E-state index contributed by atoms with van der Waals surface area (Å²) in [5, 5.41) is 8.07. The van der Waals surface area contributed by atoms with Crippen LogP contribution in [0.25, 0.3) is 0 Å². The first-order chi connectivity index (χ1) is 14.9. The van der Waals surface area contributed by atoms with E-state index in [0.717, 1.165) is 12.8 Å². The Bertz CT molecular complexity index is 474. The van der Waals surface area contributed by atoms with Crippen molar-refractivity contribution in [1.29, 1.82) is 0 Å². The molecule has 1 N–H and O–H groups in total. The zero-order valence-corrected chi connectivity index (χ0v) is 22.5. The maximum Gasteiger partial charge on any atom is 0.313 e. The van der Waals surface area contributed by atoms with Crippen LogP contribution in [0.5, 0.6) is 0 Å². The van der Waals surface area contributed by atoms with Gasteiger partial charge in [-0.25, -0.2) is 0 Å². The first kappa shape index (κ1) is 41.4. The summed E-state index contributed by atoms with van der Waals surface area (Å²) in [5.41, 5.74) is 0. The molecule has 0 spiro atoms. The summed E-state index contributed by atoms with van der Waals surface area (Å²) < 4.78 is 13.5. The molecule has 192 valence electrons. The number of aliphatic hydroxyl groups excluding tert-OH is 1. The van der Waals surface area contributed by atoms with Gasteiger partial charge >= 0.3 is 17.9 Å². The average molecular weight is 512 g/mol. The summed E-state index contributed by atoms with van der Waals surface area (Å²) >= 11 is 0. The van der Waals surface area contributed by atoms with Gasteiger partial charge in [0.2, 0.25) is 0 Å².